The highest BCUT2D eigenvalue weighted by molar-refractivity contribution is 5.28. The van der Waals surface area contributed by atoms with Crippen molar-refractivity contribution in [2.24, 2.45) is 0 Å². The molecule has 0 aliphatic heterocycles. The van der Waals surface area contributed by atoms with Gasteiger partial charge in [0.15, 0.2) is 0 Å². The zero-order valence-corrected chi connectivity index (χ0v) is 12.4. The highest BCUT2D eigenvalue weighted by Crippen LogP contribution is 2.20. The fourth-order valence-corrected chi connectivity index (χ4v) is 2.25. The van der Waals surface area contributed by atoms with Gasteiger partial charge in [-0.25, -0.2) is 0 Å². The Balaban J connectivity index is 2.07. The number of aryl methyl sites for hydroxylation is 2. The quantitative estimate of drug-likeness (QED) is 0.871. The summed E-state index contributed by atoms with van der Waals surface area (Å²) in [6, 6.07) is 12.4. The number of hydrogen-bond acceptors (Lipinski definition) is 3. The van der Waals surface area contributed by atoms with Crippen LogP contribution in [0.1, 0.15) is 41.9 Å². The lowest BCUT2D eigenvalue weighted by Crippen LogP contribution is -2.21. The van der Waals surface area contributed by atoms with Crippen LogP contribution >= 0.6 is 0 Å². The van der Waals surface area contributed by atoms with E-state index in [-0.39, 0.29) is 11.8 Å². The number of hydrogen-bond donors (Lipinski definition) is 2. The molecule has 20 heavy (non-hydrogen) atoms. The van der Waals surface area contributed by atoms with Gasteiger partial charge in [-0.3, -0.25) is 4.98 Å². The predicted molar refractivity (Wildman–Crippen MR) is 81.7 cm³/mol. The zero-order chi connectivity index (χ0) is 14.5. The Hall–Kier alpha value is -1.87. The van der Waals surface area contributed by atoms with Crippen LogP contribution in [0.25, 0.3) is 0 Å². The lowest BCUT2D eigenvalue weighted by Gasteiger charge is -2.18. The van der Waals surface area contributed by atoms with Crippen LogP contribution in [0.5, 0.6) is 5.75 Å². The number of pyridine rings is 1. The smallest absolute Gasteiger partial charge is 0.138 e. The molecule has 1 unspecified atom stereocenters. The van der Waals surface area contributed by atoms with Gasteiger partial charge in [-0.2, -0.15) is 0 Å². The number of aromatic nitrogens is 1. The van der Waals surface area contributed by atoms with Crippen LogP contribution in [0.2, 0.25) is 0 Å². The van der Waals surface area contributed by atoms with Crippen molar-refractivity contribution in [3.63, 3.8) is 0 Å². The van der Waals surface area contributed by atoms with Crippen LogP contribution in [0, 0.1) is 13.8 Å². The third kappa shape index (κ3) is 3.58. The lowest BCUT2D eigenvalue weighted by atomic mass is 10.0. The molecule has 0 saturated heterocycles. The van der Waals surface area contributed by atoms with E-state index in [1.807, 2.05) is 13.0 Å². The first-order valence-electron chi connectivity index (χ1n) is 7.05. The summed E-state index contributed by atoms with van der Waals surface area (Å²) in [7, 11) is 0. The van der Waals surface area contributed by atoms with Gasteiger partial charge in [0, 0.05) is 18.3 Å². The summed E-state index contributed by atoms with van der Waals surface area (Å²) in [6.45, 7) is 6.74. The van der Waals surface area contributed by atoms with Gasteiger partial charge < -0.3 is 10.4 Å². The summed E-state index contributed by atoms with van der Waals surface area (Å²) >= 11 is 0. The molecule has 2 aromatic rings. The maximum absolute atomic E-state index is 9.83. The minimum atomic E-state index is 0.252. The van der Waals surface area contributed by atoms with Crippen LogP contribution < -0.4 is 5.32 Å². The van der Waals surface area contributed by atoms with Gasteiger partial charge >= 0.3 is 0 Å². The topological polar surface area (TPSA) is 45.2 Å². The lowest BCUT2D eigenvalue weighted by molar-refractivity contribution is 0.448. The van der Waals surface area contributed by atoms with E-state index >= 15 is 0 Å². The fourth-order valence-electron chi connectivity index (χ4n) is 2.25. The second-order valence-electron chi connectivity index (χ2n) is 5.17. The summed E-state index contributed by atoms with van der Waals surface area (Å²) in [5.74, 6) is 0.252. The van der Waals surface area contributed by atoms with E-state index in [1.165, 1.54) is 11.1 Å². The number of nitrogens with one attached hydrogen (secondary N) is 1. The van der Waals surface area contributed by atoms with Gasteiger partial charge in [-0.1, -0.05) is 36.8 Å². The molecule has 0 radical (unpaired) electrons. The van der Waals surface area contributed by atoms with Crippen molar-refractivity contribution in [3.8, 4) is 5.75 Å². The Morgan fingerprint density at radius 2 is 1.80 bits per heavy atom. The summed E-state index contributed by atoms with van der Waals surface area (Å²) < 4.78 is 0. The summed E-state index contributed by atoms with van der Waals surface area (Å²) in [5.41, 5.74) is 4.16. The second-order valence-corrected chi connectivity index (χ2v) is 5.17. The van der Waals surface area contributed by atoms with Crippen molar-refractivity contribution in [1.82, 2.24) is 10.3 Å². The maximum Gasteiger partial charge on any atom is 0.138 e. The summed E-state index contributed by atoms with van der Waals surface area (Å²) in [4.78, 5) is 4.37. The minimum absolute atomic E-state index is 0.252. The number of benzene rings is 1. The van der Waals surface area contributed by atoms with Crippen LogP contribution in [0.4, 0.5) is 0 Å². The van der Waals surface area contributed by atoms with E-state index < -0.39 is 0 Å². The van der Waals surface area contributed by atoms with E-state index in [9.17, 15) is 5.11 Å². The average molecular weight is 270 g/mol. The summed E-state index contributed by atoms with van der Waals surface area (Å²) in [5, 5.41) is 13.3. The van der Waals surface area contributed by atoms with E-state index in [0.717, 1.165) is 12.1 Å². The van der Waals surface area contributed by atoms with Crippen molar-refractivity contribution in [2.75, 3.05) is 0 Å². The molecular weight excluding hydrogens is 248 g/mol. The van der Waals surface area contributed by atoms with Gasteiger partial charge in [0.1, 0.15) is 5.75 Å². The normalized spacial score (nSPS) is 12.3. The first-order chi connectivity index (χ1) is 9.60. The highest BCUT2D eigenvalue weighted by Gasteiger charge is 2.10. The van der Waals surface area contributed by atoms with Crippen LogP contribution in [-0.2, 0) is 6.54 Å². The maximum atomic E-state index is 9.83. The molecule has 0 amide bonds. The SMILES string of the molecule is CCC(NCc1nc(C)ccc1O)c1ccc(C)cc1. The molecule has 1 aromatic carbocycles. The molecule has 1 heterocycles. The van der Waals surface area contributed by atoms with Gasteiger partial charge in [0.05, 0.1) is 5.69 Å². The Morgan fingerprint density at radius 3 is 2.45 bits per heavy atom. The highest BCUT2D eigenvalue weighted by atomic mass is 16.3. The largest absolute Gasteiger partial charge is 0.506 e. The molecule has 3 nitrogen and oxygen atoms in total. The van der Waals surface area contributed by atoms with Gasteiger partial charge in [0.25, 0.3) is 0 Å². The summed E-state index contributed by atoms with van der Waals surface area (Å²) in [6.07, 6.45) is 0.996. The molecule has 1 atom stereocenters. The Kier molecular flexibility index (Phi) is 4.74. The van der Waals surface area contributed by atoms with Crippen LogP contribution in [-0.4, -0.2) is 10.1 Å². The van der Waals surface area contributed by atoms with Crippen LogP contribution in [0.3, 0.4) is 0 Å². The second kappa shape index (κ2) is 6.53. The molecule has 0 fully saturated rings. The number of aromatic hydroxyl groups is 1. The molecule has 2 rings (SSSR count). The standard InChI is InChI=1S/C17H22N2O/c1-4-15(14-8-5-12(2)6-9-14)18-11-16-17(20)10-7-13(3)19-16/h5-10,15,18,20H,4,11H2,1-3H3. The van der Waals surface area contributed by atoms with E-state index in [0.29, 0.717) is 12.2 Å². The molecular formula is C17H22N2O. The average Bonchev–Trinajstić information content (AvgIpc) is 2.45. The van der Waals surface area contributed by atoms with Gasteiger partial charge in [-0.05, 0) is 38.0 Å². The van der Waals surface area contributed by atoms with Crippen molar-refractivity contribution in [3.05, 3.63) is 58.9 Å². The molecule has 0 aliphatic rings. The number of nitrogens with zero attached hydrogens (tertiary/aromatic N) is 1. The van der Waals surface area contributed by atoms with Crippen molar-refractivity contribution < 1.29 is 5.11 Å². The third-order valence-corrected chi connectivity index (χ3v) is 3.49. The monoisotopic (exact) mass is 270 g/mol. The van der Waals surface area contributed by atoms with Crippen LogP contribution in [0.15, 0.2) is 36.4 Å². The van der Waals surface area contributed by atoms with E-state index in [1.54, 1.807) is 6.07 Å². The first-order valence-corrected chi connectivity index (χ1v) is 7.05. The molecule has 0 saturated carbocycles. The molecule has 1 aromatic heterocycles. The Morgan fingerprint density at radius 1 is 1.10 bits per heavy atom. The predicted octanol–water partition coefficient (Wildman–Crippen LogP) is 3.64. The fraction of sp³-hybridized carbons (Fsp3) is 0.353. The number of rotatable bonds is 5. The molecule has 2 N–H and O–H groups in total. The Bertz CT molecular complexity index is 564. The van der Waals surface area contributed by atoms with E-state index in [2.05, 4.69) is 48.4 Å². The Labute approximate surface area is 120 Å². The van der Waals surface area contributed by atoms with Crippen molar-refractivity contribution in [2.45, 2.75) is 39.8 Å². The zero-order valence-electron chi connectivity index (χ0n) is 12.4. The van der Waals surface area contributed by atoms with Gasteiger partial charge in [0.2, 0.25) is 0 Å². The van der Waals surface area contributed by atoms with Crippen molar-refractivity contribution >= 4 is 0 Å². The molecule has 106 valence electrons. The van der Waals surface area contributed by atoms with Crippen molar-refractivity contribution in [1.29, 1.82) is 0 Å². The molecule has 0 aliphatic carbocycles. The minimum Gasteiger partial charge on any atom is -0.506 e. The molecule has 0 spiro atoms. The first kappa shape index (κ1) is 14.5. The third-order valence-electron chi connectivity index (χ3n) is 3.49. The molecule has 3 heteroatoms. The molecule has 0 bridgehead atoms. The van der Waals surface area contributed by atoms with Gasteiger partial charge in [-0.15, -0.1) is 0 Å². The van der Waals surface area contributed by atoms with E-state index in [4.69, 9.17) is 0 Å².